The van der Waals surface area contributed by atoms with Crippen molar-refractivity contribution < 1.29 is 34.8 Å². The molecule has 0 aromatic carbocycles. The fourth-order valence-electron chi connectivity index (χ4n) is 3.23. The normalized spacial score (nSPS) is 15.4. The molecule has 0 aromatic rings. The predicted molar refractivity (Wildman–Crippen MR) is 116 cm³/mol. The number of Topliss-reactive ketones (excluding diaryl/α,β-unsaturated/α-hetero) is 1. The Balaban J connectivity index is 4.06. The molecule has 0 bridgehead atoms. The summed E-state index contributed by atoms with van der Waals surface area (Å²) in [6.07, 6.45) is 5.48. The molecule has 0 saturated heterocycles. The van der Waals surface area contributed by atoms with Crippen molar-refractivity contribution in [1.29, 1.82) is 0 Å². The van der Waals surface area contributed by atoms with E-state index in [4.69, 9.17) is 4.74 Å². The van der Waals surface area contributed by atoms with Gasteiger partial charge in [0, 0.05) is 12.8 Å². The van der Waals surface area contributed by atoms with Gasteiger partial charge in [0.2, 0.25) is 0 Å². The quantitative estimate of drug-likeness (QED) is 0.172. The second-order valence-corrected chi connectivity index (χ2v) is 8.18. The van der Waals surface area contributed by atoms with E-state index in [2.05, 4.69) is 13.8 Å². The summed E-state index contributed by atoms with van der Waals surface area (Å²) in [6.45, 7) is 3.77. The third-order valence-corrected chi connectivity index (χ3v) is 5.32. The number of aliphatic hydroxyl groups is 4. The Morgan fingerprint density at radius 2 is 1.13 bits per heavy atom. The van der Waals surface area contributed by atoms with Crippen LogP contribution < -0.4 is 0 Å². The summed E-state index contributed by atoms with van der Waals surface area (Å²) >= 11 is 0. The summed E-state index contributed by atoms with van der Waals surface area (Å²) in [5.41, 5.74) is 0. The van der Waals surface area contributed by atoms with E-state index in [0.717, 1.165) is 57.8 Å². The number of carbonyl (C=O) groups excluding carboxylic acids is 2. The Labute approximate surface area is 181 Å². The highest BCUT2D eigenvalue weighted by Gasteiger charge is 2.34. The van der Waals surface area contributed by atoms with E-state index < -0.39 is 42.8 Å². The van der Waals surface area contributed by atoms with Crippen LogP contribution >= 0.6 is 0 Å². The molecule has 7 heteroatoms. The molecule has 7 nitrogen and oxygen atoms in total. The molecular weight excluding hydrogens is 388 g/mol. The van der Waals surface area contributed by atoms with Crippen molar-refractivity contribution >= 4 is 11.8 Å². The van der Waals surface area contributed by atoms with Crippen molar-refractivity contribution in [3.8, 4) is 0 Å². The second kappa shape index (κ2) is 18.7. The zero-order chi connectivity index (χ0) is 22.8. The highest BCUT2D eigenvalue weighted by Crippen LogP contribution is 2.13. The highest BCUT2D eigenvalue weighted by molar-refractivity contribution is 5.83. The molecule has 4 N–H and O–H groups in total. The van der Waals surface area contributed by atoms with Crippen molar-refractivity contribution in [2.45, 2.75) is 128 Å². The SMILES string of the molecule is CCCCCCCCC(=O)OC[C@@H](O)[C@H](O)[C@@H](O)C(O)C(=O)CCCCCCCC. The van der Waals surface area contributed by atoms with E-state index >= 15 is 0 Å². The number of ether oxygens (including phenoxy) is 1. The Kier molecular flexibility index (Phi) is 18.1. The number of hydrogen-bond acceptors (Lipinski definition) is 7. The van der Waals surface area contributed by atoms with Crippen LogP contribution in [0.1, 0.15) is 104 Å². The third-order valence-electron chi connectivity index (χ3n) is 5.32. The van der Waals surface area contributed by atoms with Crippen LogP contribution in [-0.4, -0.2) is 63.2 Å². The van der Waals surface area contributed by atoms with Gasteiger partial charge in [-0.1, -0.05) is 78.1 Å². The van der Waals surface area contributed by atoms with Gasteiger partial charge in [-0.2, -0.15) is 0 Å². The van der Waals surface area contributed by atoms with Crippen molar-refractivity contribution in [3.63, 3.8) is 0 Å². The van der Waals surface area contributed by atoms with Crippen LogP contribution in [0.3, 0.4) is 0 Å². The van der Waals surface area contributed by atoms with Crippen LogP contribution in [-0.2, 0) is 14.3 Å². The topological polar surface area (TPSA) is 124 Å². The monoisotopic (exact) mass is 432 g/mol. The minimum Gasteiger partial charge on any atom is -0.463 e. The molecule has 4 atom stereocenters. The lowest BCUT2D eigenvalue weighted by Crippen LogP contribution is -2.49. The maximum Gasteiger partial charge on any atom is 0.305 e. The molecule has 0 fully saturated rings. The van der Waals surface area contributed by atoms with Crippen LogP contribution in [0.2, 0.25) is 0 Å². The summed E-state index contributed by atoms with van der Waals surface area (Å²) < 4.78 is 4.93. The van der Waals surface area contributed by atoms with Crippen LogP contribution in [0, 0.1) is 0 Å². The first kappa shape index (κ1) is 29.0. The molecule has 30 heavy (non-hydrogen) atoms. The van der Waals surface area contributed by atoms with Gasteiger partial charge in [0.1, 0.15) is 31.0 Å². The number of unbranched alkanes of at least 4 members (excludes halogenated alkanes) is 10. The zero-order valence-electron chi connectivity index (χ0n) is 18.9. The molecule has 1 unspecified atom stereocenters. The number of aliphatic hydroxyl groups excluding tert-OH is 4. The first-order valence-electron chi connectivity index (χ1n) is 11.8. The number of ketones is 1. The third kappa shape index (κ3) is 14.1. The van der Waals surface area contributed by atoms with Gasteiger partial charge in [0.15, 0.2) is 5.78 Å². The van der Waals surface area contributed by atoms with Gasteiger partial charge < -0.3 is 25.2 Å². The second-order valence-electron chi connectivity index (χ2n) is 8.18. The van der Waals surface area contributed by atoms with Gasteiger partial charge in [-0.15, -0.1) is 0 Å². The lowest BCUT2D eigenvalue weighted by atomic mass is 9.97. The molecule has 0 aliphatic carbocycles. The number of carbonyl (C=O) groups is 2. The molecule has 0 aromatic heterocycles. The first-order chi connectivity index (χ1) is 14.3. The van der Waals surface area contributed by atoms with Gasteiger partial charge in [0.05, 0.1) is 0 Å². The van der Waals surface area contributed by atoms with E-state index in [9.17, 15) is 30.0 Å². The van der Waals surface area contributed by atoms with E-state index in [0.29, 0.717) is 12.8 Å². The first-order valence-corrected chi connectivity index (χ1v) is 11.8. The Hall–Kier alpha value is -1.02. The lowest BCUT2D eigenvalue weighted by molar-refractivity contribution is -0.159. The van der Waals surface area contributed by atoms with Gasteiger partial charge >= 0.3 is 5.97 Å². The smallest absolute Gasteiger partial charge is 0.305 e. The predicted octanol–water partition coefficient (Wildman–Crippen LogP) is 3.04. The summed E-state index contributed by atoms with van der Waals surface area (Å²) in [6, 6.07) is 0. The molecule has 0 rings (SSSR count). The Morgan fingerprint density at radius 3 is 1.67 bits per heavy atom. The summed E-state index contributed by atoms with van der Waals surface area (Å²) in [5, 5.41) is 39.8. The van der Waals surface area contributed by atoms with Crippen LogP contribution in [0.25, 0.3) is 0 Å². The summed E-state index contributed by atoms with van der Waals surface area (Å²) in [4.78, 5) is 23.7. The summed E-state index contributed by atoms with van der Waals surface area (Å²) in [7, 11) is 0. The minimum absolute atomic E-state index is 0.112. The molecule has 0 aliphatic heterocycles. The van der Waals surface area contributed by atoms with Crippen molar-refractivity contribution in [2.75, 3.05) is 6.61 Å². The van der Waals surface area contributed by atoms with E-state index in [1.807, 2.05) is 0 Å². The number of hydrogen-bond donors (Lipinski definition) is 4. The fraction of sp³-hybridized carbons (Fsp3) is 0.913. The van der Waals surface area contributed by atoms with Crippen molar-refractivity contribution in [3.05, 3.63) is 0 Å². The molecule has 0 radical (unpaired) electrons. The van der Waals surface area contributed by atoms with Gasteiger partial charge in [0.25, 0.3) is 0 Å². The van der Waals surface area contributed by atoms with Crippen molar-refractivity contribution in [1.82, 2.24) is 0 Å². The minimum atomic E-state index is -1.83. The highest BCUT2D eigenvalue weighted by atomic mass is 16.5. The van der Waals surface area contributed by atoms with Crippen LogP contribution in [0.4, 0.5) is 0 Å². The Morgan fingerprint density at radius 1 is 0.667 bits per heavy atom. The maximum atomic E-state index is 12.0. The van der Waals surface area contributed by atoms with Crippen LogP contribution in [0.15, 0.2) is 0 Å². The molecule has 0 aliphatic rings. The van der Waals surface area contributed by atoms with E-state index in [1.165, 1.54) is 6.42 Å². The lowest BCUT2D eigenvalue weighted by Gasteiger charge is -2.25. The fourth-order valence-corrected chi connectivity index (χ4v) is 3.23. The standard InChI is InChI=1S/C23H44O7/c1-3-5-7-9-11-13-15-18(24)21(27)23(29)22(28)19(25)17-30-20(26)16-14-12-10-8-6-4-2/h19,21-23,25,27-29H,3-17H2,1-2H3/t19-,21?,22+,23+/m1/s1. The Bertz CT molecular complexity index is 441. The number of rotatable bonds is 20. The number of esters is 1. The average molecular weight is 433 g/mol. The van der Waals surface area contributed by atoms with Crippen LogP contribution in [0.5, 0.6) is 0 Å². The van der Waals surface area contributed by atoms with Gasteiger partial charge in [-0.25, -0.2) is 0 Å². The average Bonchev–Trinajstić information content (AvgIpc) is 2.74. The molecule has 0 saturated carbocycles. The molecule has 0 heterocycles. The maximum absolute atomic E-state index is 12.0. The largest absolute Gasteiger partial charge is 0.463 e. The molecular formula is C23H44O7. The van der Waals surface area contributed by atoms with Gasteiger partial charge in [-0.3, -0.25) is 9.59 Å². The van der Waals surface area contributed by atoms with Gasteiger partial charge in [-0.05, 0) is 12.8 Å². The molecule has 178 valence electrons. The van der Waals surface area contributed by atoms with Crippen molar-refractivity contribution in [2.24, 2.45) is 0 Å². The summed E-state index contributed by atoms with van der Waals surface area (Å²) in [5.74, 6) is -1.05. The van der Waals surface area contributed by atoms with E-state index in [1.54, 1.807) is 0 Å². The van der Waals surface area contributed by atoms with E-state index in [-0.39, 0.29) is 12.8 Å². The zero-order valence-corrected chi connectivity index (χ0v) is 18.9. The molecule has 0 amide bonds. The molecule has 0 spiro atoms.